The molecule has 0 saturated heterocycles. The third-order valence-electron chi connectivity index (χ3n) is 4.59. The normalized spacial score (nSPS) is 20.6. The predicted molar refractivity (Wildman–Crippen MR) is 109 cm³/mol. The summed E-state index contributed by atoms with van der Waals surface area (Å²) in [6, 6.07) is 8.49. The number of hydrogen-bond acceptors (Lipinski definition) is 6. The Morgan fingerprint density at radius 3 is 1.93 bits per heavy atom. The van der Waals surface area contributed by atoms with Crippen LogP contribution in [0.25, 0.3) is 6.08 Å². The molecule has 1 aliphatic carbocycles. The van der Waals surface area contributed by atoms with Crippen LogP contribution in [0.1, 0.15) is 25.8 Å². The first-order valence-corrected chi connectivity index (χ1v) is 11.5. The number of carbonyl (C=O) groups excluding carboxylic acids is 2. The quantitative estimate of drug-likeness (QED) is 0.275. The van der Waals surface area contributed by atoms with Crippen molar-refractivity contribution in [1.29, 1.82) is 0 Å². The molecule has 0 heterocycles. The van der Waals surface area contributed by atoms with Crippen LogP contribution in [0.3, 0.4) is 0 Å². The Morgan fingerprint density at radius 1 is 1.00 bits per heavy atom. The van der Waals surface area contributed by atoms with Crippen molar-refractivity contribution in [2.45, 2.75) is 30.0 Å². The number of amides is 2. The van der Waals surface area contributed by atoms with Crippen LogP contribution in [0.15, 0.2) is 48.6 Å². The lowest BCUT2D eigenvalue weighted by molar-refractivity contribution is -0.124. The highest BCUT2D eigenvalue weighted by molar-refractivity contribution is 8.05. The lowest BCUT2D eigenvalue weighted by Crippen LogP contribution is -2.67. The summed E-state index contributed by atoms with van der Waals surface area (Å²) in [4.78, 5) is 23.3. The molecule has 12 heteroatoms. The van der Waals surface area contributed by atoms with Crippen molar-refractivity contribution in [2.24, 2.45) is 5.92 Å². The molecule has 1 unspecified atom stereocenters. The zero-order chi connectivity index (χ0) is 22.8. The van der Waals surface area contributed by atoms with Crippen LogP contribution in [0.2, 0.25) is 0 Å². The lowest BCUT2D eigenvalue weighted by atomic mass is 9.86. The maximum atomic E-state index is 12.4. The van der Waals surface area contributed by atoms with E-state index in [0.717, 1.165) is 19.9 Å². The Kier molecular flexibility index (Phi) is 6.57. The van der Waals surface area contributed by atoms with E-state index in [-0.39, 0.29) is 0 Å². The summed E-state index contributed by atoms with van der Waals surface area (Å²) in [5.74, 6) is -2.98. The Balaban J connectivity index is 2.74. The van der Waals surface area contributed by atoms with E-state index in [1.54, 1.807) is 30.3 Å². The van der Waals surface area contributed by atoms with Crippen molar-refractivity contribution in [3.8, 4) is 0 Å². The molecular weight excluding hydrogens is 436 g/mol. The van der Waals surface area contributed by atoms with Crippen LogP contribution >= 0.6 is 0 Å². The average molecular weight is 459 g/mol. The molecule has 1 aromatic carbocycles. The van der Waals surface area contributed by atoms with Gasteiger partial charge in [-0.05, 0) is 11.6 Å². The van der Waals surface area contributed by atoms with Gasteiger partial charge in [-0.15, -0.1) is 0 Å². The zero-order valence-electron chi connectivity index (χ0n) is 16.1. The molecule has 2 rings (SSSR count). The third kappa shape index (κ3) is 4.78. The molecule has 0 bridgehead atoms. The van der Waals surface area contributed by atoms with Gasteiger partial charge < -0.3 is 10.6 Å². The van der Waals surface area contributed by atoms with Gasteiger partial charge in [0.2, 0.25) is 15.9 Å². The second kappa shape index (κ2) is 8.30. The summed E-state index contributed by atoms with van der Waals surface area (Å²) in [6.07, 6.45) is 3.83. The van der Waals surface area contributed by atoms with Gasteiger partial charge in [-0.25, -0.2) is 0 Å². The number of carbonyl (C=O) groups is 2. The van der Waals surface area contributed by atoms with Crippen LogP contribution in [0.5, 0.6) is 0 Å². The summed E-state index contributed by atoms with van der Waals surface area (Å²) in [5.41, 5.74) is -1.38. The third-order valence-corrected chi connectivity index (χ3v) is 8.43. The first-order chi connectivity index (χ1) is 13.7. The summed E-state index contributed by atoms with van der Waals surface area (Å²) in [7, 11) is -11.0. The highest BCUT2D eigenvalue weighted by Crippen LogP contribution is 2.44. The van der Waals surface area contributed by atoms with Gasteiger partial charge in [-0.3, -0.25) is 18.7 Å². The molecule has 2 amide bonds. The van der Waals surface area contributed by atoms with E-state index < -0.39 is 54.1 Å². The van der Waals surface area contributed by atoms with E-state index in [0.29, 0.717) is 5.56 Å². The van der Waals surface area contributed by atoms with E-state index in [1.165, 1.54) is 18.2 Å². The minimum Gasteiger partial charge on any atom is -0.330 e. The summed E-state index contributed by atoms with van der Waals surface area (Å²) in [6.45, 7) is 2.14. The number of benzene rings is 1. The van der Waals surface area contributed by atoms with E-state index in [4.69, 9.17) is 0 Å². The van der Waals surface area contributed by atoms with Gasteiger partial charge in [0, 0.05) is 26.2 Å². The fraction of sp³-hybridized carbons (Fsp3) is 0.333. The minimum atomic E-state index is -5.48. The van der Waals surface area contributed by atoms with E-state index in [2.05, 4.69) is 10.6 Å². The second-order valence-corrected chi connectivity index (χ2v) is 10.5. The number of allylic oxidation sites excluding steroid dienone is 2. The van der Waals surface area contributed by atoms with Crippen molar-refractivity contribution >= 4 is 38.1 Å². The Bertz CT molecular complexity index is 1040. The van der Waals surface area contributed by atoms with Crippen molar-refractivity contribution in [3.63, 3.8) is 0 Å². The molecule has 0 aliphatic heterocycles. The van der Waals surface area contributed by atoms with Crippen molar-refractivity contribution in [1.82, 2.24) is 10.6 Å². The standard InChI is InChI=1S/C18H22N2O8S2/c1-13(21)19-17(20-14(2)22)11-10-16(9-8-15-6-4-3-5-7-15)18(12-17,29(23,24)25)30(26,27)28/h3-11,16H,12H2,1-2H3,(H,19,21)(H,20,22)(H,23,24,25)(H,26,27,28)/b9-8+. The van der Waals surface area contributed by atoms with E-state index >= 15 is 0 Å². The van der Waals surface area contributed by atoms with Gasteiger partial charge in [0.05, 0.1) is 0 Å². The first-order valence-electron chi connectivity index (χ1n) is 8.67. The molecule has 0 saturated carbocycles. The van der Waals surface area contributed by atoms with Crippen molar-refractivity contribution in [2.75, 3.05) is 0 Å². The fourth-order valence-electron chi connectivity index (χ4n) is 3.46. The minimum absolute atomic E-state index is 0.603. The van der Waals surface area contributed by atoms with Crippen LogP contribution in [-0.4, -0.2) is 47.5 Å². The molecule has 1 atom stereocenters. The molecule has 0 fully saturated rings. The molecule has 30 heavy (non-hydrogen) atoms. The van der Waals surface area contributed by atoms with Crippen LogP contribution in [-0.2, 0) is 29.8 Å². The summed E-state index contributed by atoms with van der Waals surface area (Å²) in [5, 5.41) is 4.57. The zero-order valence-corrected chi connectivity index (χ0v) is 17.8. The van der Waals surface area contributed by atoms with Crippen LogP contribution in [0, 0.1) is 5.92 Å². The number of nitrogens with one attached hydrogen (secondary N) is 2. The highest BCUT2D eigenvalue weighted by Gasteiger charge is 2.64. The topological polar surface area (TPSA) is 167 Å². The molecule has 10 nitrogen and oxygen atoms in total. The van der Waals surface area contributed by atoms with E-state index in [9.17, 15) is 35.5 Å². The maximum absolute atomic E-state index is 12.4. The van der Waals surface area contributed by atoms with Crippen LogP contribution < -0.4 is 10.6 Å². The Labute approximate surface area is 174 Å². The monoisotopic (exact) mass is 458 g/mol. The maximum Gasteiger partial charge on any atom is 0.288 e. The summed E-state index contributed by atoms with van der Waals surface area (Å²) < 4.78 is 66.1. The van der Waals surface area contributed by atoms with E-state index in [1.807, 2.05) is 0 Å². The molecule has 0 spiro atoms. The van der Waals surface area contributed by atoms with Gasteiger partial charge in [0.1, 0.15) is 5.66 Å². The average Bonchev–Trinajstić information content (AvgIpc) is 2.58. The number of rotatable bonds is 6. The highest BCUT2D eigenvalue weighted by atomic mass is 32.3. The number of hydrogen-bond donors (Lipinski definition) is 4. The molecular formula is C18H22N2O8S2. The Hall–Kier alpha value is -2.54. The van der Waals surface area contributed by atoms with Gasteiger partial charge in [-0.2, -0.15) is 16.8 Å². The molecule has 1 aliphatic rings. The lowest BCUT2D eigenvalue weighted by Gasteiger charge is -2.44. The smallest absolute Gasteiger partial charge is 0.288 e. The molecule has 1 aromatic rings. The van der Waals surface area contributed by atoms with Gasteiger partial charge in [0.15, 0.2) is 0 Å². The van der Waals surface area contributed by atoms with Crippen molar-refractivity contribution in [3.05, 3.63) is 54.1 Å². The SMILES string of the molecule is CC(=O)NC1(NC(C)=O)C=CC(/C=C/c2ccccc2)C(S(=O)(=O)O)(S(=O)(=O)O)C1. The van der Waals surface area contributed by atoms with Gasteiger partial charge >= 0.3 is 0 Å². The Morgan fingerprint density at radius 2 is 1.50 bits per heavy atom. The summed E-state index contributed by atoms with van der Waals surface area (Å²) >= 11 is 0. The first kappa shape index (κ1) is 23.7. The molecule has 164 valence electrons. The van der Waals surface area contributed by atoms with Crippen LogP contribution in [0.4, 0.5) is 0 Å². The predicted octanol–water partition coefficient (Wildman–Crippen LogP) is 0.716. The molecule has 0 radical (unpaired) electrons. The van der Waals surface area contributed by atoms with Gasteiger partial charge in [-0.1, -0.05) is 48.6 Å². The second-order valence-electron chi connectivity index (χ2n) is 6.93. The van der Waals surface area contributed by atoms with Crippen molar-refractivity contribution < 1.29 is 35.5 Å². The largest absolute Gasteiger partial charge is 0.330 e. The fourth-order valence-corrected chi connectivity index (χ4v) is 6.35. The molecule has 4 N–H and O–H groups in total. The molecule has 0 aromatic heterocycles. The van der Waals surface area contributed by atoms with Gasteiger partial charge in [0.25, 0.3) is 20.2 Å².